The van der Waals surface area contributed by atoms with Crippen molar-refractivity contribution in [1.82, 2.24) is 14.8 Å². The molecule has 0 saturated carbocycles. The molecular weight excluding hydrogens is 266 g/mol. The van der Waals surface area contributed by atoms with E-state index in [4.69, 9.17) is 4.74 Å². The third-order valence-corrected chi connectivity index (χ3v) is 3.57. The van der Waals surface area contributed by atoms with Crippen LogP contribution < -0.4 is 0 Å². The minimum absolute atomic E-state index is 0.277. The highest BCUT2D eigenvalue weighted by Gasteiger charge is 2.15. The number of nitrogens with zero attached hydrogens (tertiary/aromatic N) is 3. The summed E-state index contributed by atoms with van der Waals surface area (Å²) in [5, 5.41) is 5.34. The molecule has 0 amide bonds. The van der Waals surface area contributed by atoms with Crippen molar-refractivity contribution in [3.63, 3.8) is 0 Å². The van der Waals surface area contributed by atoms with Crippen LogP contribution in [0.25, 0.3) is 16.6 Å². The largest absolute Gasteiger partial charge is 0.464 e. The zero-order valence-electron chi connectivity index (χ0n) is 12.1. The van der Waals surface area contributed by atoms with Gasteiger partial charge in [0.2, 0.25) is 0 Å². The van der Waals surface area contributed by atoms with Gasteiger partial charge in [-0.2, -0.15) is 5.10 Å². The molecule has 3 aromatic rings. The average Bonchev–Trinajstić information content (AvgIpc) is 2.85. The van der Waals surface area contributed by atoms with Crippen molar-refractivity contribution in [3.8, 4) is 5.69 Å². The maximum absolute atomic E-state index is 11.8. The number of para-hydroxylation sites is 1. The Labute approximate surface area is 122 Å². The maximum Gasteiger partial charge on any atom is 0.356 e. The molecule has 0 spiro atoms. The van der Waals surface area contributed by atoms with Crippen molar-refractivity contribution >= 4 is 16.9 Å². The van der Waals surface area contributed by atoms with Crippen LogP contribution in [0.4, 0.5) is 0 Å². The Morgan fingerprint density at radius 3 is 2.67 bits per heavy atom. The van der Waals surface area contributed by atoms with Gasteiger partial charge < -0.3 is 4.74 Å². The van der Waals surface area contributed by atoms with Crippen LogP contribution in [0.3, 0.4) is 0 Å². The van der Waals surface area contributed by atoms with Crippen LogP contribution in [0.1, 0.15) is 21.7 Å². The topological polar surface area (TPSA) is 57.0 Å². The number of ether oxygens (including phenoxy) is 1. The first-order valence-corrected chi connectivity index (χ1v) is 6.61. The lowest BCUT2D eigenvalue weighted by atomic mass is 10.1. The predicted octanol–water partition coefficient (Wildman–Crippen LogP) is 2.82. The van der Waals surface area contributed by atoms with Crippen LogP contribution in [-0.2, 0) is 4.74 Å². The molecule has 0 aliphatic carbocycles. The van der Waals surface area contributed by atoms with Crippen LogP contribution in [0.15, 0.2) is 36.5 Å². The van der Waals surface area contributed by atoms with E-state index in [1.54, 1.807) is 6.07 Å². The second kappa shape index (κ2) is 5.01. The molecule has 0 aliphatic heterocycles. The normalized spacial score (nSPS) is 10.8. The van der Waals surface area contributed by atoms with E-state index in [2.05, 4.69) is 10.1 Å². The van der Waals surface area contributed by atoms with Gasteiger partial charge in [0.15, 0.2) is 5.69 Å². The summed E-state index contributed by atoms with van der Waals surface area (Å²) >= 11 is 0. The first-order chi connectivity index (χ1) is 10.1. The quantitative estimate of drug-likeness (QED) is 0.678. The van der Waals surface area contributed by atoms with Crippen LogP contribution in [0.5, 0.6) is 0 Å². The summed E-state index contributed by atoms with van der Waals surface area (Å²) in [6.45, 7) is 4.00. The van der Waals surface area contributed by atoms with Crippen molar-refractivity contribution in [1.29, 1.82) is 0 Å². The summed E-state index contributed by atoms with van der Waals surface area (Å²) in [7, 11) is 1.35. The summed E-state index contributed by atoms with van der Waals surface area (Å²) in [5.41, 5.74) is 3.96. The monoisotopic (exact) mass is 281 g/mol. The molecule has 0 saturated heterocycles. The van der Waals surface area contributed by atoms with Gasteiger partial charge in [-0.25, -0.2) is 14.5 Å². The Kier molecular flexibility index (Phi) is 3.17. The van der Waals surface area contributed by atoms with Gasteiger partial charge in [-0.05, 0) is 31.5 Å². The Morgan fingerprint density at radius 1 is 1.24 bits per heavy atom. The fraction of sp³-hybridized carbons (Fsp3) is 0.188. The summed E-state index contributed by atoms with van der Waals surface area (Å²) in [6.07, 6.45) is 1.81. The fourth-order valence-corrected chi connectivity index (χ4v) is 2.28. The number of benzene rings is 1. The van der Waals surface area contributed by atoms with Gasteiger partial charge in [0, 0.05) is 11.1 Å². The van der Waals surface area contributed by atoms with E-state index in [9.17, 15) is 4.79 Å². The van der Waals surface area contributed by atoms with Gasteiger partial charge >= 0.3 is 5.97 Å². The third kappa shape index (κ3) is 2.16. The van der Waals surface area contributed by atoms with Crippen molar-refractivity contribution in [2.45, 2.75) is 13.8 Å². The molecule has 0 fully saturated rings. The molecule has 5 nitrogen and oxygen atoms in total. The van der Waals surface area contributed by atoms with Crippen molar-refractivity contribution in [2.75, 3.05) is 7.11 Å². The van der Waals surface area contributed by atoms with E-state index in [0.717, 1.165) is 27.8 Å². The van der Waals surface area contributed by atoms with Crippen molar-refractivity contribution < 1.29 is 9.53 Å². The van der Waals surface area contributed by atoms with E-state index in [1.807, 2.05) is 49.0 Å². The standard InChI is InChI=1S/C16H15N3O2/c1-10-9-17-19(11(10)2)15-8-14(16(20)21-3)18-13-7-5-4-6-12(13)15/h4-9H,1-3H3. The number of rotatable bonds is 2. The minimum atomic E-state index is -0.455. The van der Waals surface area contributed by atoms with Gasteiger partial charge in [-0.1, -0.05) is 18.2 Å². The molecule has 2 aromatic heterocycles. The van der Waals surface area contributed by atoms with Crippen molar-refractivity contribution in [3.05, 3.63) is 53.5 Å². The molecule has 0 radical (unpaired) electrons. The van der Waals surface area contributed by atoms with E-state index in [-0.39, 0.29) is 5.69 Å². The summed E-state index contributed by atoms with van der Waals surface area (Å²) in [4.78, 5) is 16.2. The smallest absolute Gasteiger partial charge is 0.356 e. The van der Waals surface area contributed by atoms with Gasteiger partial charge in [-0.15, -0.1) is 0 Å². The number of methoxy groups -OCH3 is 1. The van der Waals surface area contributed by atoms with Crippen LogP contribution in [0.2, 0.25) is 0 Å². The number of esters is 1. The summed E-state index contributed by atoms with van der Waals surface area (Å²) < 4.78 is 6.61. The van der Waals surface area contributed by atoms with E-state index < -0.39 is 5.97 Å². The van der Waals surface area contributed by atoms with Gasteiger partial charge in [0.05, 0.1) is 24.5 Å². The number of fused-ring (bicyclic) bond motifs is 1. The summed E-state index contributed by atoms with van der Waals surface area (Å²) in [5.74, 6) is -0.455. The zero-order valence-corrected chi connectivity index (χ0v) is 12.1. The lowest BCUT2D eigenvalue weighted by molar-refractivity contribution is 0.0594. The fourth-order valence-electron chi connectivity index (χ4n) is 2.28. The minimum Gasteiger partial charge on any atom is -0.464 e. The molecule has 5 heteroatoms. The average molecular weight is 281 g/mol. The second-order valence-electron chi connectivity index (χ2n) is 4.86. The number of carbonyl (C=O) groups excluding carboxylic acids is 1. The molecule has 0 bridgehead atoms. The van der Waals surface area contributed by atoms with Gasteiger partial charge in [0.25, 0.3) is 0 Å². The highest BCUT2D eigenvalue weighted by molar-refractivity contribution is 5.95. The Hall–Kier alpha value is -2.69. The van der Waals surface area contributed by atoms with E-state index >= 15 is 0 Å². The second-order valence-corrected chi connectivity index (χ2v) is 4.86. The number of hydrogen-bond donors (Lipinski definition) is 0. The Morgan fingerprint density at radius 2 is 2.00 bits per heavy atom. The highest BCUT2D eigenvalue weighted by Crippen LogP contribution is 2.24. The lowest BCUT2D eigenvalue weighted by Crippen LogP contribution is -2.08. The first kappa shape index (κ1) is 13.3. The number of hydrogen-bond acceptors (Lipinski definition) is 4. The SMILES string of the molecule is COC(=O)c1cc(-n2ncc(C)c2C)c2ccccc2n1. The summed E-state index contributed by atoms with van der Waals surface area (Å²) in [6, 6.07) is 9.39. The molecule has 0 N–H and O–H groups in total. The molecule has 106 valence electrons. The number of carbonyl (C=O) groups is 1. The molecule has 0 atom stereocenters. The lowest BCUT2D eigenvalue weighted by Gasteiger charge is -2.10. The molecule has 1 aromatic carbocycles. The molecule has 2 heterocycles. The van der Waals surface area contributed by atoms with Crippen LogP contribution >= 0.6 is 0 Å². The number of aryl methyl sites for hydroxylation is 1. The molecule has 0 unspecified atom stereocenters. The molecular formula is C16H15N3O2. The van der Waals surface area contributed by atoms with Crippen LogP contribution in [-0.4, -0.2) is 27.8 Å². The number of pyridine rings is 1. The Bertz CT molecular complexity index is 837. The van der Waals surface area contributed by atoms with E-state index in [1.165, 1.54) is 7.11 Å². The molecule has 21 heavy (non-hydrogen) atoms. The molecule has 3 rings (SSSR count). The van der Waals surface area contributed by atoms with Gasteiger partial charge in [-0.3, -0.25) is 0 Å². The molecule has 0 aliphatic rings. The van der Waals surface area contributed by atoms with E-state index in [0.29, 0.717) is 0 Å². The van der Waals surface area contributed by atoms with Crippen molar-refractivity contribution in [2.24, 2.45) is 0 Å². The third-order valence-electron chi connectivity index (χ3n) is 3.57. The Balaban J connectivity index is 2.34. The van der Waals surface area contributed by atoms with Crippen LogP contribution in [0, 0.1) is 13.8 Å². The number of aromatic nitrogens is 3. The van der Waals surface area contributed by atoms with Gasteiger partial charge in [0.1, 0.15) is 0 Å². The zero-order chi connectivity index (χ0) is 15.0. The maximum atomic E-state index is 11.8. The highest BCUT2D eigenvalue weighted by atomic mass is 16.5. The predicted molar refractivity (Wildman–Crippen MR) is 79.7 cm³/mol. The first-order valence-electron chi connectivity index (χ1n) is 6.61.